The summed E-state index contributed by atoms with van der Waals surface area (Å²) in [5.41, 5.74) is 4.34. The number of carbonyl (C=O) groups is 1. The maximum absolute atomic E-state index is 12.8. The van der Waals surface area contributed by atoms with E-state index in [0.717, 1.165) is 33.4 Å². The molecule has 136 valence electrons. The predicted octanol–water partition coefficient (Wildman–Crippen LogP) is 5.12. The van der Waals surface area contributed by atoms with Gasteiger partial charge in [-0.2, -0.15) is 0 Å². The summed E-state index contributed by atoms with van der Waals surface area (Å²) in [6.45, 7) is 4.56. The van der Waals surface area contributed by atoms with E-state index in [-0.39, 0.29) is 5.91 Å². The van der Waals surface area contributed by atoms with Gasteiger partial charge in [0.2, 0.25) is 0 Å². The van der Waals surface area contributed by atoms with Crippen LogP contribution in [-0.2, 0) is 6.54 Å². The van der Waals surface area contributed by atoms with E-state index < -0.39 is 0 Å². The third-order valence-electron chi connectivity index (χ3n) is 4.51. The summed E-state index contributed by atoms with van der Waals surface area (Å²) in [6, 6.07) is 13.5. The van der Waals surface area contributed by atoms with E-state index in [0.29, 0.717) is 12.1 Å². The number of aryl methyl sites for hydroxylation is 1. The third-order valence-corrected chi connectivity index (χ3v) is 5.33. The van der Waals surface area contributed by atoms with Gasteiger partial charge in [-0.1, -0.05) is 12.1 Å². The SMILES string of the molecule is Cc1cc(C(=O)Nc2cccc(-c3nccs3)c2)c(C)n1Cc1ccco1. The summed E-state index contributed by atoms with van der Waals surface area (Å²) in [7, 11) is 0. The molecule has 5 nitrogen and oxygen atoms in total. The Hall–Kier alpha value is -3.12. The molecule has 0 aliphatic carbocycles. The van der Waals surface area contributed by atoms with Crippen LogP contribution in [0.2, 0.25) is 0 Å². The van der Waals surface area contributed by atoms with Gasteiger partial charge >= 0.3 is 0 Å². The van der Waals surface area contributed by atoms with E-state index in [4.69, 9.17) is 4.42 Å². The third kappa shape index (κ3) is 3.57. The molecule has 3 aromatic heterocycles. The summed E-state index contributed by atoms with van der Waals surface area (Å²) in [4.78, 5) is 17.2. The zero-order valence-electron chi connectivity index (χ0n) is 15.1. The fourth-order valence-corrected chi connectivity index (χ4v) is 3.76. The van der Waals surface area contributed by atoms with Crippen molar-refractivity contribution in [3.05, 3.63) is 83.0 Å². The molecule has 0 atom stereocenters. The number of thiazole rings is 1. The minimum atomic E-state index is -0.120. The number of aromatic nitrogens is 2. The summed E-state index contributed by atoms with van der Waals surface area (Å²) < 4.78 is 7.52. The highest BCUT2D eigenvalue weighted by Gasteiger charge is 2.17. The number of rotatable bonds is 5. The van der Waals surface area contributed by atoms with Crippen LogP contribution < -0.4 is 5.32 Å². The number of carbonyl (C=O) groups excluding carboxylic acids is 1. The molecule has 4 rings (SSSR count). The quantitative estimate of drug-likeness (QED) is 0.525. The number of furan rings is 1. The molecule has 0 bridgehead atoms. The highest BCUT2D eigenvalue weighted by Crippen LogP contribution is 2.25. The normalized spacial score (nSPS) is 10.9. The summed E-state index contributed by atoms with van der Waals surface area (Å²) in [5.74, 6) is 0.741. The van der Waals surface area contributed by atoms with Crippen LogP contribution in [0.5, 0.6) is 0 Å². The Balaban J connectivity index is 1.56. The Labute approximate surface area is 161 Å². The minimum absolute atomic E-state index is 0.120. The molecule has 6 heteroatoms. The van der Waals surface area contributed by atoms with E-state index in [1.54, 1.807) is 23.8 Å². The molecule has 3 heterocycles. The van der Waals surface area contributed by atoms with Crippen molar-refractivity contribution in [2.75, 3.05) is 5.32 Å². The first-order valence-electron chi connectivity index (χ1n) is 8.62. The lowest BCUT2D eigenvalue weighted by Crippen LogP contribution is -2.13. The Morgan fingerprint density at radius 1 is 1.22 bits per heavy atom. The van der Waals surface area contributed by atoms with Crippen molar-refractivity contribution in [3.63, 3.8) is 0 Å². The van der Waals surface area contributed by atoms with E-state index in [9.17, 15) is 4.79 Å². The molecule has 27 heavy (non-hydrogen) atoms. The molecule has 0 aliphatic rings. The van der Waals surface area contributed by atoms with Crippen molar-refractivity contribution < 1.29 is 9.21 Å². The molecule has 0 saturated heterocycles. The van der Waals surface area contributed by atoms with Gasteiger partial charge in [0.15, 0.2) is 0 Å². The predicted molar refractivity (Wildman–Crippen MR) is 107 cm³/mol. The topological polar surface area (TPSA) is 60.1 Å². The Morgan fingerprint density at radius 2 is 2.11 bits per heavy atom. The van der Waals surface area contributed by atoms with E-state index in [2.05, 4.69) is 14.9 Å². The summed E-state index contributed by atoms with van der Waals surface area (Å²) in [6.07, 6.45) is 3.44. The Kier molecular flexibility index (Phi) is 4.64. The van der Waals surface area contributed by atoms with Crippen LogP contribution in [0, 0.1) is 13.8 Å². The first-order valence-corrected chi connectivity index (χ1v) is 9.50. The monoisotopic (exact) mass is 377 g/mol. The number of benzene rings is 1. The van der Waals surface area contributed by atoms with Gasteiger partial charge in [0.05, 0.1) is 18.4 Å². The highest BCUT2D eigenvalue weighted by atomic mass is 32.1. The van der Waals surface area contributed by atoms with Gasteiger partial charge in [-0.15, -0.1) is 11.3 Å². The summed E-state index contributed by atoms with van der Waals surface area (Å²) >= 11 is 1.57. The van der Waals surface area contributed by atoms with Crippen LogP contribution >= 0.6 is 11.3 Å². The first-order chi connectivity index (χ1) is 13.1. The zero-order valence-corrected chi connectivity index (χ0v) is 15.9. The second-order valence-corrected chi connectivity index (χ2v) is 7.22. The molecule has 1 amide bonds. The lowest BCUT2D eigenvalue weighted by molar-refractivity contribution is 0.102. The van der Waals surface area contributed by atoms with Crippen LogP contribution in [0.15, 0.2) is 64.7 Å². The lowest BCUT2D eigenvalue weighted by atomic mass is 10.2. The molecule has 0 saturated carbocycles. The molecule has 1 aromatic carbocycles. The van der Waals surface area contributed by atoms with Crippen LogP contribution in [-0.4, -0.2) is 15.5 Å². The molecule has 0 aliphatic heterocycles. The molecule has 0 radical (unpaired) electrons. The van der Waals surface area contributed by atoms with E-state index in [1.807, 2.05) is 61.7 Å². The van der Waals surface area contributed by atoms with Crippen LogP contribution in [0.3, 0.4) is 0 Å². The number of nitrogens with one attached hydrogen (secondary N) is 1. The molecule has 4 aromatic rings. The molecular weight excluding hydrogens is 358 g/mol. The molecule has 0 spiro atoms. The van der Waals surface area contributed by atoms with E-state index >= 15 is 0 Å². The van der Waals surface area contributed by atoms with Gasteiger partial charge in [-0.3, -0.25) is 4.79 Å². The van der Waals surface area contributed by atoms with Gasteiger partial charge in [-0.05, 0) is 44.2 Å². The van der Waals surface area contributed by atoms with Gasteiger partial charge in [-0.25, -0.2) is 4.98 Å². The summed E-state index contributed by atoms with van der Waals surface area (Å²) in [5, 5.41) is 5.87. The smallest absolute Gasteiger partial charge is 0.257 e. The molecular formula is C21H19N3O2S. The Morgan fingerprint density at radius 3 is 2.85 bits per heavy atom. The van der Waals surface area contributed by atoms with Crippen LogP contribution in [0.25, 0.3) is 10.6 Å². The number of nitrogens with zero attached hydrogens (tertiary/aromatic N) is 2. The van der Waals surface area contributed by atoms with Crippen molar-refractivity contribution >= 4 is 22.9 Å². The molecule has 1 N–H and O–H groups in total. The largest absolute Gasteiger partial charge is 0.467 e. The van der Waals surface area contributed by atoms with Gasteiger partial charge in [0.1, 0.15) is 10.8 Å². The second-order valence-electron chi connectivity index (χ2n) is 6.32. The number of anilines is 1. The lowest BCUT2D eigenvalue weighted by Gasteiger charge is -2.09. The minimum Gasteiger partial charge on any atom is -0.467 e. The van der Waals surface area contributed by atoms with Crippen LogP contribution in [0.4, 0.5) is 5.69 Å². The van der Waals surface area contributed by atoms with Gasteiger partial charge < -0.3 is 14.3 Å². The number of hydrogen-bond donors (Lipinski definition) is 1. The molecule has 0 fully saturated rings. The fraction of sp³-hybridized carbons (Fsp3) is 0.143. The van der Waals surface area contributed by atoms with Crippen molar-refractivity contribution in [2.45, 2.75) is 20.4 Å². The van der Waals surface area contributed by atoms with Crippen LogP contribution in [0.1, 0.15) is 27.5 Å². The van der Waals surface area contributed by atoms with Crippen molar-refractivity contribution in [2.24, 2.45) is 0 Å². The van der Waals surface area contributed by atoms with E-state index in [1.165, 1.54) is 0 Å². The molecule has 0 unspecified atom stereocenters. The average Bonchev–Trinajstić information content (AvgIpc) is 3.41. The number of amides is 1. The fourth-order valence-electron chi connectivity index (χ4n) is 3.13. The zero-order chi connectivity index (χ0) is 18.8. The average molecular weight is 377 g/mol. The van der Waals surface area contributed by atoms with Gasteiger partial charge in [0.25, 0.3) is 5.91 Å². The van der Waals surface area contributed by atoms with Crippen molar-refractivity contribution in [1.29, 1.82) is 0 Å². The maximum atomic E-state index is 12.8. The van der Waals surface area contributed by atoms with Crippen molar-refractivity contribution in [3.8, 4) is 10.6 Å². The first kappa shape index (κ1) is 17.3. The van der Waals surface area contributed by atoms with Crippen molar-refractivity contribution in [1.82, 2.24) is 9.55 Å². The maximum Gasteiger partial charge on any atom is 0.257 e. The van der Waals surface area contributed by atoms with Gasteiger partial charge in [0, 0.05) is 34.2 Å². The highest BCUT2D eigenvalue weighted by molar-refractivity contribution is 7.13. The number of hydrogen-bond acceptors (Lipinski definition) is 4. The Bertz CT molecular complexity index is 1060. The second kappa shape index (κ2) is 7.25. The standard InChI is InChI=1S/C21H19N3O2S/c1-14-11-19(15(2)24(14)13-18-7-4-9-26-18)20(25)23-17-6-3-5-16(12-17)21-22-8-10-27-21/h3-12H,13H2,1-2H3,(H,23,25).